The van der Waals surface area contributed by atoms with Crippen molar-refractivity contribution in [3.05, 3.63) is 180 Å². The fraction of sp³-hybridized carbons (Fsp3) is 0.180. The van der Waals surface area contributed by atoms with Gasteiger partial charge in [-0.1, -0.05) is 201 Å². The van der Waals surface area contributed by atoms with Crippen LogP contribution in [0.1, 0.15) is 77.6 Å². The molecule has 11 aromatic carbocycles. The number of rotatable bonds is 3. The summed E-state index contributed by atoms with van der Waals surface area (Å²) in [4.78, 5) is 0. The normalized spacial score (nSPS) is 14.0. The Morgan fingerprint density at radius 1 is 0.295 bits per heavy atom. The molecule has 0 radical (unpaired) electrons. The van der Waals surface area contributed by atoms with E-state index in [1.54, 1.807) is 0 Å². The molecule has 0 saturated heterocycles. The Morgan fingerprint density at radius 3 is 1.11 bits per heavy atom. The Labute approximate surface area is 359 Å². The molecule has 0 nitrogen and oxygen atoms in total. The van der Waals surface area contributed by atoms with E-state index in [4.69, 9.17) is 0 Å². The lowest BCUT2D eigenvalue weighted by Gasteiger charge is -2.23. The summed E-state index contributed by atoms with van der Waals surface area (Å²) in [6.07, 6.45) is 0. The topological polar surface area (TPSA) is 0 Å². The Kier molecular flexibility index (Phi) is 7.33. The molecular weight excluding hydrogens is 733 g/mol. The van der Waals surface area contributed by atoms with Crippen LogP contribution in [0.25, 0.3) is 109 Å². The lowest BCUT2D eigenvalue weighted by atomic mass is 9.80. The van der Waals surface area contributed by atoms with Crippen molar-refractivity contribution < 1.29 is 0 Å². The van der Waals surface area contributed by atoms with Gasteiger partial charge in [0.05, 0.1) is 0 Å². The monoisotopic (exact) mass is 782 g/mol. The smallest absolute Gasteiger partial charge is 0.0159 e. The first-order valence-electron chi connectivity index (χ1n) is 22.1. The van der Waals surface area contributed by atoms with Gasteiger partial charge in [-0.2, -0.15) is 0 Å². The van der Waals surface area contributed by atoms with E-state index in [0.29, 0.717) is 0 Å². The fourth-order valence-electron chi connectivity index (χ4n) is 10.9. The third-order valence-corrected chi connectivity index (χ3v) is 14.4. The van der Waals surface area contributed by atoms with Crippen LogP contribution in [0.15, 0.2) is 158 Å². The summed E-state index contributed by atoms with van der Waals surface area (Å²) in [7, 11) is 0. The maximum Gasteiger partial charge on any atom is 0.0159 e. The number of fused-ring (bicyclic) bond motifs is 3. The van der Waals surface area contributed by atoms with E-state index in [0.717, 1.165) is 0 Å². The highest BCUT2D eigenvalue weighted by atomic mass is 14.4. The van der Waals surface area contributed by atoms with Crippen LogP contribution in [-0.2, 0) is 16.2 Å². The van der Waals surface area contributed by atoms with E-state index in [1.165, 1.54) is 131 Å². The van der Waals surface area contributed by atoms with Crippen LogP contribution >= 0.6 is 0 Å². The molecule has 11 aromatic rings. The van der Waals surface area contributed by atoms with Gasteiger partial charge in [-0.25, -0.2) is 0 Å². The summed E-state index contributed by atoms with van der Waals surface area (Å²) in [5.41, 5.74) is 15.9. The predicted molar refractivity (Wildman–Crippen MR) is 265 cm³/mol. The van der Waals surface area contributed by atoms with Crippen molar-refractivity contribution in [2.24, 2.45) is 0 Å². The van der Waals surface area contributed by atoms with Crippen molar-refractivity contribution in [3.63, 3.8) is 0 Å². The molecule has 0 amide bonds. The van der Waals surface area contributed by atoms with E-state index in [9.17, 15) is 0 Å². The average molecular weight is 783 g/mol. The maximum absolute atomic E-state index is 2.48. The molecule has 0 saturated carbocycles. The number of hydrogen-bond acceptors (Lipinski definition) is 0. The van der Waals surface area contributed by atoms with Gasteiger partial charge in [0.1, 0.15) is 0 Å². The summed E-state index contributed by atoms with van der Waals surface area (Å²) in [5, 5.41) is 16.1. The lowest BCUT2D eigenvalue weighted by molar-refractivity contribution is 0.591. The molecule has 294 valence electrons. The summed E-state index contributed by atoms with van der Waals surface area (Å²) in [6, 6.07) is 61.1. The summed E-state index contributed by atoms with van der Waals surface area (Å²) >= 11 is 0. The van der Waals surface area contributed by atoms with Crippen molar-refractivity contribution in [2.45, 2.75) is 71.6 Å². The second-order valence-electron chi connectivity index (χ2n) is 20.6. The van der Waals surface area contributed by atoms with E-state index in [2.05, 4.69) is 213 Å². The van der Waals surface area contributed by atoms with Crippen LogP contribution in [0.2, 0.25) is 0 Å². The van der Waals surface area contributed by atoms with Crippen LogP contribution in [0.4, 0.5) is 0 Å². The summed E-state index contributed by atoms with van der Waals surface area (Å²) in [6.45, 7) is 18.6. The van der Waals surface area contributed by atoms with Gasteiger partial charge in [0, 0.05) is 5.41 Å². The number of hydrogen-bond donors (Lipinski definition) is 0. The second-order valence-corrected chi connectivity index (χ2v) is 20.6. The van der Waals surface area contributed by atoms with E-state index < -0.39 is 0 Å². The van der Waals surface area contributed by atoms with Crippen LogP contribution in [0.5, 0.6) is 0 Å². The number of benzene rings is 11. The third-order valence-electron chi connectivity index (χ3n) is 14.4. The van der Waals surface area contributed by atoms with Gasteiger partial charge >= 0.3 is 0 Å². The molecule has 0 atom stereocenters. The molecule has 0 spiro atoms. The van der Waals surface area contributed by atoms with E-state index >= 15 is 0 Å². The van der Waals surface area contributed by atoms with Crippen molar-refractivity contribution in [1.29, 1.82) is 0 Å². The molecule has 1 aliphatic rings. The van der Waals surface area contributed by atoms with Crippen molar-refractivity contribution >= 4 is 64.6 Å². The Hall–Kier alpha value is -6.50. The first-order valence-corrected chi connectivity index (χ1v) is 22.1. The quantitative estimate of drug-likeness (QED) is 0.157. The molecule has 0 fully saturated rings. The minimum Gasteiger partial charge on any atom is -0.0561 e. The summed E-state index contributed by atoms with van der Waals surface area (Å²) < 4.78 is 0. The Balaban J connectivity index is 0.895. The predicted octanol–water partition coefficient (Wildman–Crippen LogP) is 17.4. The molecule has 0 bridgehead atoms. The minimum absolute atomic E-state index is 0.0978. The van der Waals surface area contributed by atoms with Gasteiger partial charge in [-0.3, -0.25) is 0 Å². The minimum atomic E-state index is -0.140. The molecule has 0 aromatic heterocycles. The van der Waals surface area contributed by atoms with Gasteiger partial charge in [0.15, 0.2) is 0 Å². The first kappa shape index (κ1) is 36.4. The molecule has 12 rings (SSSR count). The Bertz CT molecular complexity index is 3560. The molecule has 1 aliphatic carbocycles. The zero-order valence-electron chi connectivity index (χ0n) is 36.5. The zero-order valence-corrected chi connectivity index (χ0v) is 36.5. The molecule has 61 heavy (non-hydrogen) atoms. The first-order chi connectivity index (χ1) is 29.2. The molecule has 0 unspecified atom stereocenters. The molecule has 0 N–H and O–H groups in total. The van der Waals surface area contributed by atoms with E-state index in [1.807, 2.05) is 0 Å². The second kappa shape index (κ2) is 12.3. The van der Waals surface area contributed by atoms with Crippen LogP contribution in [-0.4, -0.2) is 0 Å². The highest BCUT2D eigenvalue weighted by molar-refractivity contribution is 6.27. The fourth-order valence-corrected chi connectivity index (χ4v) is 10.9. The van der Waals surface area contributed by atoms with Crippen LogP contribution in [0.3, 0.4) is 0 Å². The van der Waals surface area contributed by atoms with Gasteiger partial charge in [-0.15, -0.1) is 0 Å². The van der Waals surface area contributed by atoms with Gasteiger partial charge < -0.3 is 0 Å². The third kappa shape index (κ3) is 5.31. The average Bonchev–Trinajstić information content (AvgIpc) is 3.48. The molecule has 0 heterocycles. The van der Waals surface area contributed by atoms with Crippen LogP contribution in [0, 0.1) is 0 Å². The summed E-state index contributed by atoms with van der Waals surface area (Å²) in [5.74, 6) is 0. The highest BCUT2D eigenvalue weighted by Crippen LogP contribution is 2.52. The van der Waals surface area contributed by atoms with E-state index in [-0.39, 0.29) is 16.2 Å². The molecule has 0 heteroatoms. The highest BCUT2D eigenvalue weighted by Gasteiger charge is 2.36. The lowest BCUT2D eigenvalue weighted by Crippen LogP contribution is -2.15. The van der Waals surface area contributed by atoms with Gasteiger partial charge in [0.2, 0.25) is 0 Å². The van der Waals surface area contributed by atoms with Crippen molar-refractivity contribution in [1.82, 2.24) is 0 Å². The van der Waals surface area contributed by atoms with Gasteiger partial charge in [0.25, 0.3) is 0 Å². The van der Waals surface area contributed by atoms with Crippen molar-refractivity contribution in [2.75, 3.05) is 0 Å². The molecular formula is C61H50. The standard InChI is InChI=1S/C61H50/c1-59(2,3)45-29-41-15-13-37-17-23-47(51-27-21-43(31-45)55(41)57(37)51)36-11-9-35(10-12-36)39-19-25-49-50-26-20-40(34-54(50)61(7,8)53(49)33-39)48-24-18-38-14-16-42-30-46(60(4,5)6)32-44-22-28-52(48)58(38)56(42)44/h9-34H,1-8H3. The Morgan fingerprint density at radius 2 is 0.639 bits per heavy atom. The van der Waals surface area contributed by atoms with Crippen LogP contribution < -0.4 is 0 Å². The van der Waals surface area contributed by atoms with Crippen molar-refractivity contribution in [3.8, 4) is 44.5 Å². The van der Waals surface area contributed by atoms with Gasteiger partial charge in [-0.05, 0) is 154 Å². The maximum atomic E-state index is 2.48. The zero-order chi connectivity index (χ0) is 41.7. The molecule has 0 aliphatic heterocycles. The SMILES string of the molecule is CC(C)(C)c1cc2ccc3ccc(-c4ccc(-c5ccc6c(c5)C(C)(C)c5cc(-c7ccc8ccc9cc(C(C)(C)C)cc%10ccc7c8c9%10)ccc5-6)cc4)c4ccc(c1)c2c34. The largest absolute Gasteiger partial charge is 0.0561 e.